The molecule has 0 atom stereocenters. The van der Waals surface area contributed by atoms with Crippen LogP contribution in [-0.4, -0.2) is 19.0 Å². The van der Waals surface area contributed by atoms with Crippen LogP contribution in [0.15, 0.2) is 0 Å². The van der Waals surface area contributed by atoms with Gasteiger partial charge in [0.1, 0.15) is 0 Å². The lowest BCUT2D eigenvalue weighted by Gasteiger charge is -2.39. The molecule has 0 radical (unpaired) electrons. The number of nitrogens with one attached hydrogen (secondary N) is 1. The Morgan fingerprint density at radius 3 is 2.43 bits per heavy atom. The Hall–Kier alpha value is -0.570. The van der Waals surface area contributed by atoms with Gasteiger partial charge in [-0.3, -0.25) is 4.79 Å². The number of carbonyl (C=O) groups excluding carboxylic acids is 1. The molecule has 0 spiro atoms. The van der Waals surface area contributed by atoms with Gasteiger partial charge in [0, 0.05) is 13.1 Å². The molecule has 0 aromatic rings. The van der Waals surface area contributed by atoms with Gasteiger partial charge < -0.3 is 11.1 Å². The summed E-state index contributed by atoms with van der Waals surface area (Å²) in [7, 11) is 0. The smallest absolute Gasteiger partial charge is 0.227 e. The van der Waals surface area contributed by atoms with E-state index in [1.54, 1.807) is 0 Å². The maximum atomic E-state index is 11.8. The van der Waals surface area contributed by atoms with Crippen LogP contribution < -0.4 is 11.1 Å². The molecule has 2 aliphatic carbocycles. The van der Waals surface area contributed by atoms with E-state index in [4.69, 9.17) is 5.73 Å². The molecule has 0 aromatic heterocycles. The maximum Gasteiger partial charge on any atom is 0.227 e. The van der Waals surface area contributed by atoms with Crippen LogP contribution in [0.1, 0.15) is 38.5 Å². The monoisotopic (exact) mass is 196 g/mol. The van der Waals surface area contributed by atoms with Gasteiger partial charge in [0.05, 0.1) is 5.41 Å². The predicted octanol–water partition coefficient (Wildman–Crippen LogP) is 1.03. The molecule has 80 valence electrons. The number of rotatable bonds is 4. The second-order valence-electron chi connectivity index (χ2n) is 4.84. The molecule has 3 heteroatoms. The van der Waals surface area contributed by atoms with E-state index in [-0.39, 0.29) is 11.3 Å². The molecule has 3 nitrogen and oxygen atoms in total. The average molecular weight is 196 g/mol. The van der Waals surface area contributed by atoms with Crippen molar-refractivity contribution >= 4 is 5.91 Å². The SMILES string of the molecule is NCC1(C(=O)NCC2CCC2)CCC1. The third-order valence-corrected chi connectivity index (χ3v) is 3.96. The Balaban J connectivity index is 1.76. The highest BCUT2D eigenvalue weighted by atomic mass is 16.2. The van der Waals surface area contributed by atoms with E-state index in [2.05, 4.69) is 5.32 Å². The van der Waals surface area contributed by atoms with Crippen LogP contribution in [-0.2, 0) is 4.79 Å². The molecule has 3 N–H and O–H groups in total. The van der Waals surface area contributed by atoms with Gasteiger partial charge in [0.15, 0.2) is 0 Å². The molecule has 0 unspecified atom stereocenters. The molecule has 0 aromatic carbocycles. The van der Waals surface area contributed by atoms with Crippen molar-refractivity contribution in [2.75, 3.05) is 13.1 Å². The molecule has 0 bridgehead atoms. The highest BCUT2D eigenvalue weighted by Gasteiger charge is 2.42. The van der Waals surface area contributed by atoms with Crippen LogP contribution in [0.3, 0.4) is 0 Å². The lowest BCUT2D eigenvalue weighted by Crippen LogP contribution is -2.51. The molecule has 0 heterocycles. The lowest BCUT2D eigenvalue weighted by molar-refractivity contribution is -0.135. The van der Waals surface area contributed by atoms with Gasteiger partial charge in [-0.1, -0.05) is 12.8 Å². The third kappa shape index (κ3) is 1.65. The van der Waals surface area contributed by atoms with Gasteiger partial charge in [0.25, 0.3) is 0 Å². The first-order chi connectivity index (χ1) is 6.77. The second kappa shape index (κ2) is 3.89. The van der Waals surface area contributed by atoms with Crippen molar-refractivity contribution in [2.45, 2.75) is 38.5 Å². The van der Waals surface area contributed by atoms with Gasteiger partial charge in [-0.25, -0.2) is 0 Å². The predicted molar refractivity (Wildman–Crippen MR) is 55.7 cm³/mol. The summed E-state index contributed by atoms with van der Waals surface area (Å²) in [5.74, 6) is 0.951. The van der Waals surface area contributed by atoms with Gasteiger partial charge in [-0.05, 0) is 31.6 Å². The van der Waals surface area contributed by atoms with Crippen LogP contribution in [0.25, 0.3) is 0 Å². The normalized spacial score (nSPS) is 24.9. The van der Waals surface area contributed by atoms with E-state index in [1.807, 2.05) is 0 Å². The van der Waals surface area contributed by atoms with Crippen molar-refractivity contribution in [3.05, 3.63) is 0 Å². The lowest BCUT2D eigenvalue weighted by atomic mass is 9.68. The maximum absolute atomic E-state index is 11.8. The summed E-state index contributed by atoms with van der Waals surface area (Å²) in [6.45, 7) is 1.39. The van der Waals surface area contributed by atoms with Crippen molar-refractivity contribution in [1.29, 1.82) is 0 Å². The Morgan fingerprint density at radius 2 is 2.07 bits per heavy atom. The molecule has 14 heavy (non-hydrogen) atoms. The first-order valence-corrected chi connectivity index (χ1v) is 5.75. The molecule has 2 rings (SSSR count). The Kier molecular flexibility index (Phi) is 2.77. The number of hydrogen-bond donors (Lipinski definition) is 2. The van der Waals surface area contributed by atoms with Crippen molar-refractivity contribution in [3.63, 3.8) is 0 Å². The first kappa shape index (κ1) is 9.97. The fourth-order valence-corrected chi connectivity index (χ4v) is 2.25. The molecule has 0 aliphatic heterocycles. The molecule has 2 aliphatic rings. The Bertz CT molecular complexity index is 214. The van der Waals surface area contributed by atoms with E-state index < -0.39 is 0 Å². The molecule has 2 fully saturated rings. The topological polar surface area (TPSA) is 55.1 Å². The summed E-state index contributed by atoms with van der Waals surface area (Å²) in [5, 5.41) is 3.06. The van der Waals surface area contributed by atoms with Crippen LogP contribution >= 0.6 is 0 Å². The van der Waals surface area contributed by atoms with E-state index in [1.165, 1.54) is 19.3 Å². The van der Waals surface area contributed by atoms with Crippen molar-refractivity contribution in [1.82, 2.24) is 5.32 Å². The summed E-state index contributed by atoms with van der Waals surface area (Å²) < 4.78 is 0. The van der Waals surface area contributed by atoms with Gasteiger partial charge in [-0.2, -0.15) is 0 Å². The zero-order valence-electron chi connectivity index (χ0n) is 8.72. The van der Waals surface area contributed by atoms with E-state index in [9.17, 15) is 4.79 Å². The summed E-state index contributed by atoms with van der Waals surface area (Å²) >= 11 is 0. The zero-order chi connectivity index (χ0) is 10.0. The molecular weight excluding hydrogens is 176 g/mol. The van der Waals surface area contributed by atoms with Crippen molar-refractivity contribution in [3.8, 4) is 0 Å². The highest BCUT2D eigenvalue weighted by molar-refractivity contribution is 5.83. The molecular formula is C11H20N2O. The minimum Gasteiger partial charge on any atom is -0.355 e. The summed E-state index contributed by atoms with van der Waals surface area (Å²) in [6.07, 6.45) is 7.04. The number of hydrogen-bond acceptors (Lipinski definition) is 2. The Morgan fingerprint density at radius 1 is 1.36 bits per heavy atom. The first-order valence-electron chi connectivity index (χ1n) is 5.75. The van der Waals surface area contributed by atoms with Gasteiger partial charge in [-0.15, -0.1) is 0 Å². The minimum atomic E-state index is -0.191. The van der Waals surface area contributed by atoms with Crippen molar-refractivity contribution in [2.24, 2.45) is 17.1 Å². The van der Waals surface area contributed by atoms with E-state index in [0.29, 0.717) is 6.54 Å². The molecule has 1 amide bonds. The molecule has 0 saturated heterocycles. The second-order valence-corrected chi connectivity index (χ2v) is 4.84. The number of nitrogens with two attached hydrogens (primary N) is 1. The van der Waals surface area contributed by atoms with Crippen LogP contribution in [0.2, 0.25) is 0 Å². The van der Waals surface area contributed by atoms with Crippen LogP contribution in [0.4, 0.5) is 0 Å². The van der Waals surface area contributed by atoms with E-state index in [0.717, 1.165) is 31.7 Å². The zero-order valence-corrected chi connectivity index (χ0v) is 8.72. The van der Waals surface area contributed by atoms with Gasteiger partial charge in [0.2, 0.25) is 5.91 Å². The van der Waals surface area contributed by atoms with E-state index >= 15 is 0 Å². The quantitative estimate of drug-likeness (QED) is 0.705. The fourth-order valence-electron chi connectivity index (χ4n) is 2.25. The summed E-state index contributed by atoms with van der Waals surface area (Å²) in [5.41, 5.74) is 5.47. The number of amides is 1. The standard InChI is InChI=1S/C11H20N2O/c12-8-11(5-2-6-11)10(14)13-7-9-3-1-4-9/h9H,1-8,12H2,(H,13,14). The third-order valence-electron chi connectivity index (χ3n) is 3.96. The average Bonchev–Trinajstić information content (AvgIpc) is 2.00. The number of carbonyl (C=O) groups is 1. The van der Waals surface area contributed by atoms with Crippen LogP contribution in [0.5, 0.6) is 0 Å². The fraction of sp³-hybridized carbons (Fsp3) is 0.909. The molecule has 2 saturated carbocycles. The summed E-state index contributed by atoms with van der Waals surface area (Å²) in [4.78, 5) is 11.8. The van der Waals surface area contributed by atoms with Gasteiger partial charge >= 0.3 is 0 Å². The highest BCUT2D eigenvalue weighted by Crippen LogP contribution is 2.40. The minimum absolute atomic E-state index is 0.191. The largest absolute Gasteiger partial charge is 0.355 e. The summed E-state index contributed by atoms with van der Waals surface area (Å²) in [6, 6.07) is 0. The van der Waals surface area contributed by atoms with Crippen LogP contribution in [0, 0.1) is 11.3 Å². The van der Waals surface area contributed by atoms with Crippen molar-refractivity contribution < 1.29 is 4.79 Å². The Labute approximate surface area is 85.4 Å².